The Morgan fingerprint density at radius 2 is 1.77 bits per heavy atom. The second-order valence-electron chi connectivity index (χ2n) is 9.28. The molecule has 4 nitrogen and oxygen atoms in total. The molecule has 0 spiro atoms. The lowest BCUT2D eigenvalue weighted by Gasteiger charge is -2.42. The van der Waals surface area contributed by atoms with Crippen LogP contribution in [0.5, 0.6) is 5.75 Å². The first-order valence-corrected chi connectivity index (χ1v) is 10.2. The number of carbonyl (C=O) groups is 1. The van der Waals surface area contributed by atoms with Crippen molar-refractivity contribution in [3.05, 3.63) is 64.7 Å². The predicted octanol–water partition coefficient (Wildman–Crippen LogP) is 6.06. The van der Waals surface area contributed by atoms with E-state index >= 15 is 0 Å². The van der Waals surface area contributed by atoms with Crippen LogP contribution in [-0.4, -0.2) is 24.8 Å². The van der Waals surface area contributed by atoms with Gasteiger partial charge < -0.3 is 14.6 Å². The third kappa shape index (κ3) is 3.16. The summed E-state index contributed by atoms with van der Waals surface area (Å²) in [4.78, 5) is 11.4. The molecular formula is C26H28O4. The topological polar surface area (TPSA) is 55.8 Å². The molecule has 0 saturated heterocycles. The van der Waals surface area contributed by atoms with Crippen molar-refractivity contribution in [3.63, 3.8) is 0 Å². The van der Waals surface area contributed by atoms with Crippen LogP contribution in [0.25, 0.3) is 21.9 Å². The molecule has 0 atom stereocenters. The zero-order valence-corrected chi connectivity index (χ0v) is 18.4. The fourth-order valence-electron chi connectivity index (χ4n) is 4.44. The predicted molar refractivity (Wildman–Crippen MR) is 120 cm³/mol. The van der Waals surface area contributed by atoms with Crippen molar-refractivity contribution >= 4 is 16.7 Å². The van der Waals surface area contributed by atoms with Crippen LogP contribution in [0.2, 0.25) is 0 Å². The van der Waals surface area contributed by atoms with Gasteiger partial charge in [-0.15, -0.1) is 0 Å². The van der Waals surface area contributed by atoms with Gasteiger partial charge in [-0.05, 0) is 78.1 Å². The van der Waals surface area contributed by atoms with Crippen molar-refractivity contribution < 1.29 is 19.4 Å². The largest absolute Gasteiger partial charge is 0.496 e. The third-order valence-electron chi connectivity index (χ3n) is 6.25. The maximum Gasteiger partial charge on any atom is 0.335 e. The molecule has 0 unspecified atom stereocenters. The molecule has 3 aromatic rings. The first-order chi connectivity index (χ1) is 14.0. The second-order valence-corrected chi connectivity index (χ2v) is 9.28. The molecule has 1 N–H and O–H groups in total. The minimum absolute atomic E-state index is 0.110. The molecule has 0 saturated carbocycles. The van der Waals surface area contributed by atoms with Gasteiger partial charge in [-0.3, -0.25) is 0 Å². The number of aromatic carboxylic acids is 1. The summed E-state index contributed by atoms with van der Waals surface area (Å²) >= 11 is 0. The van der Waals surface area contributed by atoms with Crippen LogP contribution in [0.3, 0.4) is 0 Å². The summed E-state index contributed by atoms with van der Waals surface area (Å²) in [5.41, 5.74) is 5.55. The lowest BCUT2D eigenvalue weighted by Crippen LogP contribution is -2.40. The Balaban J connectivity index is 2.04. The summed E-state index contributed by atoms with van der Waals surface area (Å²) in [6.07, 6.45) is 0. The van der Waals surface area contributed by atoms with Crippen molar-refractivity contribution in [2.45, 2.75) is 45.6 Å². The van der Waals surface area contributed by atoms with E-state index in [0.29, 0.717) is 6.61 Å². The van der Waals surface area contributed by atoms with Gasteiger partial charge in [-0.25, -0.2) is 4.79 Å². The Morgan fingerprint density at radius 3 is 2.43 bits per heavy atom. The van der Waals surface area contributed by atoms with Crippen molar-refractivity contribution in [2.24, 2.45) is 0 Å². The zero-order valence-electron chi connectivity index (χ0n) is 18.4. The van der Waals surface area contributed by atoms with Gasteiger partial charge in [0.2, 0.25) is 0 Å². The van der Waals surface area contributed by atoms with Gasteiger partial charge in [0.15, 0.2) is 0 Å². The Kier molecular flexibility index (Phi) is 4.66. The van der Waals surface area contributed by atoms with Gasteiger partial charge in [0.1, 0.15) is 5.75 Å². The summed E-state index contributed by atoms with van der Waals surface area (Å²) < 4.78 is 11.9. The van der Waals surface area contributed by atoms with Crippen molar-refractivity contribution in [3.8, 4) is 16.9 Å². The van der Waals surface area contributed by atoms with Gasteiger partial charge >= 0.3 is 5.97 Å². The maximum absolute atomic E-state index is 11.4. The fourth-order valence-corrected chi connectivity index (χ4v) is 4.44. The summed E-state index contributed by atoms with van der Waals surface area (Å²) in [5, 5.41) is 11.2. The number of methoxy groups -OCH3 is 1. The van der Waals surface area contributed by atoms with Gasteiger partial charge in [0.25, 0.3) is 0 Å². The summed E-state index contributed by atoms with van der Waals surface area (Å²) in [6.45, 7) is 11.4. The highest BCUT2D eigenvalue weighted by Crippen LogP contribution is 2.46. The first-order valence-electron chi connectivity index (χ1n) is 10.2. The van der Waals surface area contributed by atoms with E-state index in [1.165, 1.54) is 11.1 Å². The molecule has 3 aromatic carbocycles. The molecule has 0 bridgehead atoms. The van der Waals surface area contributed by atoms with Crippen LogP contribution in [0.1, 0.15) is 54.7 Å². The number of ether oxygens (including phenoxy) is 2. The molecule has 0 amide bonds. The molecule has 1 heterocycles. The molecule has 156 valence electrons. The van der Waals surface area contributed by atoms with E-state index in [4.69, 9.17) is 9.47 Å². The van der Waals surface area contributed by atoms with E-state index in [-0.39, 0.29) is 16.6 Å². The lowest BCUT2D eigenvalue weighted by molar-refractivity contribution is -0.0587. The highest BCUT2D eigenvalue weighted by atomic mass is 16.5. The minimum atomic E-state index is -0.928. The van der Waals surface area contributed by atoms with E-state index in [1.54, 1.807) is 19.2 Å². The number of aryl methyl sites for hydroxylation is 1. The zero-order chi connectivity index (χ0) is 21.8. The molecule has 0 aliphatic carbocycles. The van der Waals surface area contributed by atoms with Crippen molar-refractivity contribution in [1.29, 1.82) is 0 Å². The van der Waals surface area contributed by atoms with Crippen LogP contribution in [0.4, 0.5) is 0 Å². The summed E-state index contributed by atoms with van der Waals surface area (Å²) in [5.74, 6) is -0.152. The van der Waals surface area contributed by atoms with Crippen LogP contribution in [0.15, 0.2) is 42.5 Å². The average molecular weight is 405 g/mol. The van der Waals surface area contributed by atoms with Crippen molar-refractivity contribution in [2.75, 3.05) is 13.7 Å². The van der Waals surface area contributed by atoms with E-state index in [2.05, 4.69) is 46.8 Å². The molecule has 0 radical (unpaired) electrons. The molecule has 4 heteroatoms. The molecule has 4 rings (SSSR count). The van der Waals surface area contributed by atoms with Crippen molar-refractivity contribution in [1.82, 2.24) is 0 Å². The average Bonchev–Trinajstić information content (AvgIpc) is 2.70. The SMILES string of the molecule is COc1ccc2cc(C(=O)O)ccc2c1-c1cc2c(cc1C)C(C)(C)OCC2(C)C. The molecule has 0 fully saturated rings. The van der Waals surface area contributed by atoms with Crippen LogP contribution in [0, 0.1) is 6.92 Å². The molecule has 1 aliphatic rings. The van der Waals surface area contributed by atoms with E-state index in [1.807, 2.05) is 18.2 Å². The standard InChI is InChI=1S/C26H28O4/c1-15-11-21-20(25(2,3)14-30-26(21,4)5)13-19(15)23-18-9-7-17(24(27)28)12-16(18)8-10-22(23)29-6/h7-13H,14H2,1-6H3,(H,27,28). The lowest BCUT2D eigenvalue weighted by atomic mass is 9.73. The van der Waals surface area contributed by atoms with Gasteiger partial charge in [-0.2, -0.15) is 0 Å². The molecule has 30 heavy (non-hydrogen) atoms. The highest BCUT2D eigenvalue weighted by molar-refractivity contribution is 6.03. The van der Waals surface area contributed by atoms with Gasteiger partial charge in [-0.1, -0.05) is 32.0 Å². The molecule has 1 aliphatic heterocycles. The van der Waals surface area contributed by atoms with Gasteiger partial charge in [0.05, 0.1) is 24.9 Å². The molecule has 0 aromatic heterocycles. The van der Waals surface area contributed by atoms with Gasteiger partial charge in [0, 0.05) is 11.0 Å². The first kappa shape index (κ1) is 20.4. The number of hydrogen-bond donors (Lipinski definition) is 1. The number of benzene rings is 3. The number of rotatable bonds is 3. The Bertz CT molecular complexity index is 1170. The van der Waals surface area contributed by atoms with Crippen LogP contribution in [-0.2, 0) is 15.8 Å². The number of carboxylic acids is 1. The van der Waals surface area contributed by atoms with E-state index < -0.39 is 5.97 Å². The minimum Gasteiger partial charge on any atom is -0.496 e. The number of hydrogen-bond acceptors (Lipinski definition) is 3. The third-order valence-corrected chi connectivity index (χ3v) is 6.25. The fraction of sp³-hybridized carbons (Fsp3) is 0.346. The van der Waals surface area contributed by atoms with Crippen LogP contribution < -0.4 is 4.74 Å². The molecular weight excluding hydrogens is 376 g/mol. The normalized spacial score (nSPS) is 16.9. The monoisotopic (exact) mass is 404 g/mol. The summed E-state index contributed by atoms with van der Waals surface area (Å²) in [7, 11) is 1.67. The maximum atomic E-state index is 11.4. The number of carboxylic acid groups (broad SMARTS) is 1. The smallest absolute Gasteiger partial charge is 0.335 e. The highest BCUT2D eigenvalue weighted by Gasteiger charge is 2.38. The quantitative estimate of drug-likeness (QED) is 0.576. The Hall–Kier alpha value is -2.85. The Morgan fingerprint density at radius 1 is 1.03 bits per heavy atom. The van der Waals surface area contributed by atoms with E-state index in [9.17, 15) is 9.90 Å². The van der Waals surface area contributed by atoms with E-state index in [0.717, 1.165) is 33.2 Å². The summed E-state index contributed by atoms with van der Waals surface area (Å²) in [6, 6.07) is 13.6. The number of fused-ring (bicyclic) bond motifs is 2. The second kappa shape index (κ2) is 6.85. The Labute approximate surface area is 177 Å². The van der Waals surface area contributed by atoms with Crippen LogP contribution >= 0.6 is 0 Å².